The minimum Gasteiger partial charge on any atom is -0.311 e. The van der Waals surface area contributed by atoms with Crippen LogP contribution in [0.4, 0.5) is 0 Å². The molecule has 15 heavy (non-hydrogen) atoms. The normalized spacial score (nSPS) is 10.5. The van der Waals surface area contributed by atoms with Gasteiger partial charge in [0.2, 0.25) is 0 Å². The Balaban J connectivity index is 2.50. The van der Waals surface area contributed by atoms with Crippen molar-refractivity contribution in [2.75, 3.05) is 0 Å². The molecular formula is C10H12N4O. The van der Waals surface area contributed by atoms with Gasteiger partial charge in [0.15, 0.2) is 11.2 Å². The maximum Gasteiger partial charge on any atom is 0.278 e. The highest BCUT2D eigenvalue weighted by Crippen LogP contribution is 2.04. The minimum absolute atomic E-state index is 0.198. The Morgan fingerprint density at radius 3 is 3.07 bits per heavy atom. The molecule has 5 nitrogen and oxygen atoms in total. The SMILES string of the molecule is CC(C)=CCn1cnc2c(=O)[nH]cnc21. The van der Waals surface area contributed by atoms with E-state index in [1.807, 2.05) is 18.4 Å². The van der Waals surface area contributed by atoms with Crippen LogP contribution in [0.2, 0.25) is 0 Å². The molecule has 0 atom stereocenters. The molecule has 0 aliphatic heterocycles. The molecule has 0 radical (unpaired) electrons. The summed E-state index contributed by atoms with van der Waals surface area (Å²) in [4.78, 5) is 22.0. The lowest BCUT2D eigenvalue weighted by molar-refractivity contribution is 0.830. The van der Waals surface area contributed by atoms with Crippen LogP contribution in [0.3, 0.4) is 0 Å². The number of allylic oxidation sites excluding steroid dienone is 2. The van der Waals surface area contributed by atoms with E-state index in [1.54, 1.807) is 6.33 Å². The van der Waals surface area contributed by atoms with Crippen LogP contribution in [0.25, 0.3) is 11.2 Å². The Hall–Kier alpha value is -1.91. The highest BCUT2D eigenvalue weighted by atomic mass is 16.1. The van der Waals surface area contributed by atoms with Crippen LogP contribution in [0.15, 0.2) is 29.1 Å². The van der Waals surface area contributed by atoms with Crippen molar-refractivity contribution < 1.29 is 0 Å². The smallest absolute Gasteiger partial charge is 0.278 e. The zero-order chi connectivity index (χ0) is 10.8. The standard InChI is InChI=1S/C10H12N4O/c1-7(2)3-4-14-6-13-8-9(14)11-5-12-10(8)15/h3,5-6H,4H2,1-2H3,(H,11,12,15). The van der Waals surface area contributed by atoms with Gasteiger partial charge in [0.1, 0.15) is 0 Å². The number of nitrogens with one attached hydrogen (secondary N) is 1. The Labute approximate surface area is 86.5 Å². The summed E-state index contributed by atoms with van der Waals surface area (Å²) >= 11 is 0. The minimum atomic E-state index is -0.198. The highest BCUT2D eigenvalue weighted by molar-refractivity contribution is 5.68. The third-order valence-corrected chi connectivity index (χ3v) is 2.10. The first-order chi connectivity index (χ1) is 7.18. The summed E-state index contributed by atoms with van der Waals surface area (Å²) in [7, 11) is 0. The first kappa shape index (κ1) is 9.64. The van der Waals surface area contributed by atoms with Crippen LogP contribution in [-0.4, -0.2) is 19.5 Å². The number of imidazole rings is 1. The van der Waals surface area contributed by atoms with E-state index in [2.05, 4.69) is 21.0 Å². The van der Waals surface area contributed by atoms with Crippen molar-refractivity contribution >= 4 is 11.2 Å². The van der Waals surface area contributed by atoms with Crippen molar-refractivity contribution in [3.05, 3.63) is 34.7 Å². The number of rotatable bonds is 2. The van der Waals surface area contributed by atoms with Crippen LogP contribution >= 0.6 is 0 Å². The molecule has 5 heteroatoms. The largest absolute Gasteiger partial charge is 0.311 e. The van der Waals surface area contributed by atoms with Crippen molar-refractivity contribution in [2.45, 2.75) is 20.4 Å². The first-order valence-electron chi connectivity index (χ1n) is 4.70. The average molecular weight is 204 g/mol. The van der Waals surface area contributed by atoms with E-state index in [-0.39, 0.29) is 5.56 Å². The van der Waals surface area contributed by atoms with E-state index in [1.165, 1.54) is 11.9 Å². The number of nitrogens with zero attached hydrogens (tertiary/aromatic N) is 3. The molecule has 0 unspecified atom stereocenters. The van der Waals surface area contributed by atoms with Gasteiger partial charge in [-0.1, -0.05) is 11.6 Å². The average Bonchev–Trinajstić information content (AvgIpc) is 2.59. The Bertz CT molecular complexity index is 560. The van der Waals surface area contributed by atoms with Crippen molar-refractivity contribution in [3.8, 4) is 0 Å². The number of aromatic nitrogens is 4. The molecular weight excluding hydrogens is 192 g/mol. The molecule has 0 fully saturated rings. The fraction of sp³-hybridized carbons (Fsp3) is 0.300. The predicted octanol–water partition coefficient (Wildman–Crippen LogP) is 1.09. The van der Waals surface area contributed by atoms with Crippen LogP contribution in [0.1, 0.15) is 13.8 Å². The lowest BCUT2D eigenvalue weighted by Crippen LogP contribution is -2.07. The van der Waals surface area contributed by atoms with Crippen molar-refractivity contribution in [1.29, 1.82) is 0 Å². The maximum atomic E-state index is 11.3. The Morgan fingerprint density at radius 2 is 2.33 bits per heavy atom. The maximum absolute atomic E-state index is 11.3. The van der Waals surface area contributed by atoms with Crippen LogP contribution < -0.4 is 5.56 Å². The topological polar surface area (TPSA) is 63.6 Å². The quantitative estimate of drug-likeness (QED) is 0.744. The van der Waals surface area contributed by atoms with E-state index in [0.29, 0.717) is 17.7 Å². The molecule has 1 N–H and O–H groups in total. The molecule has 2 aromatic rings. The van der Waals surface area contributed by atoms with E-state index in [0.717, 1.165) is 0 Å². The molecule has 0 aliphatic rings. The van der Waals surface area contributed by atoms with Crippen molar-refractivity contribution in [1.82, 2.24) is 19.5 Å². The summed E-state index contributed by atoms with van der Waals surface area (Å²) in [6, 6.07) is 0. The van der Waals surface area contributed by atoms with Crippen LogP contribution in [0.5, 0.6) is 0 Å². The molecule has 0 spiro atoms. The van der Waals surface area contributed by atoms with Gasteiger partial charge in [-0.25, -0.2) is 9.97 Å². The predicted molar refractivity (Wildman–Crippen MR) is 57.6 cm³/mol. The fourth-order valence-electron chi connectivity index (χ4n) is 1.31. The summed E-state index contributed by atoms with van der Waals surface area (Å²) in [5.41, 5.74) is 2.04. The molecule has 0 saturated heterocycles. The summed E-state index contributed by atoms with van der Waals surface area (Å²) in [6.45, 7) is 4.74. The third-order valence-electron chi connectivity index (χ3n) is 2.10. The molecule has 0 amide bonds. The number of fused-ring (bicyclic) bond motifs is 1. The second-order valence-corrected chi connectivity index (χ2v) is 3.58. The van der Waals surface area contributed by atoms with Gasteiger partial charge < -0.3 is 9.55 Å². The van der Waals surface area contributed by atoms with Gasteiger partial charge in [0.05, 0.1) is 12.7 Å². The van der Waals surface area contributed by atoms with Gasteiger partial charge in [0.25, 0.3) is 5.56 Å². The van der Waals surface area contributed by atoms with E-state index in [9.17, 15) is 4.79 Å². The second kappa shape index (κ2) is 3.68. The summed E-state index contributed by atoms with van der Waals surface area (Å²) < 4.78 is 1.84. The summed E-state index contributed by atoms with van der Waals surface area (Å²) in [6.07, 6.45) is 5.09. The highest BCUT2D eigenvalue weighted by Gasteiger charge is 2.05. The van der Waals surface area contributed by atoms with Gasteiger partial charge in [-0.2, -0.15) is 0 Å². The Morgan fingerprint density at radius 1 is 1.53 bits per heavy atom. The molecule has 78 valence electrons. The van der Waals surface area contributed by atoms with Gasteiger partial charge in [-0.3, -0.25) is 4.79 Å². The molecule has 0 aliphatic carbocycles. The number of aromatic amines is 1. The zero-order valence-electron chi connectivity index (χ0n) is 8.69. The molecule has 2 heterocycles. The van der Waals surface area contributed by atoms with Gasteiger partial charge in [-0.15, -0.1) is 0 Å². The van der Waals surface area contributed by atoms with Gasteiger partial charge in [0, 0.05) is 6.54 Å². The summed E-state index contributed by atoms with van der Waals surface area (Å²) in [5.74, 6) is 0. The van der Waals surface area contributed by atoms with Crippen LogP contribution in [-0.2, 0) is 6.54 Å². The number of H-pyrrole nitrogens is 1. The first-order valence-corrected chi connectivity index (χ1v) is 4.70. The molecule has 2 aromatic heterocycles. The van der Waals surface area contributed by atoms with Crippen molar-refractivity contribution in [2.24, 2.45) is 0 Å². The zero-order valence-corrected chi connectivity index (χ0v) is 8.69. The number of hydrogen-bond acceptors (Lipinski definition) is 3. The van der Waals surface area contributed by atoms with E-state index >= 15 is 0 Å². The van der Waals surface area contributed by atoms with Crippen molar-refractivity contribution in [3.63, 3.8) is 0 Å². The third kappa shape index (κ3) is 1.81. The van der Waals surface area contributed by atoms with E-state index < -0.39 is 0 Å². The second-order valence-electron chi connectivity index (χ2n) is 3.58. The number of hydrogen-bond donors (Lipinski definition) is 1. The lowest BCUT2D eigenvalue weighted by Gasteiger charge is -1.98. The molecule has 0 saturated carbocycles. The van der Waals surface area contributed by atoms with Gasteiger partial charge in [-0.05, 0) is 13.8 Å². The Kier molecular flexibility index (Phi) is 2.37. The van der Waals surface area contributed by atoms with Crippen LogP contribution in [0, 0.1) is 0 Å². The molecule has 0 aromatic carbocycles. The van der Waals surface area contributed by atoms with Gasteiger partial charge >= 0.3 is 0 Å². The fourth-order valence-corrected chi connectivity index (χ4v) is 1.31. The molecule has 2 rings (SSSR count). The summed E-state index contributed by atoms with van der Waals surface area (Å²) in [5, 5.41) is 0. The molecule has 0 bridgehead atoms. The van der Waals surface area contributed by atoms with E-state index in [4.69, 9.17) is 0 Å². The lowest BCUT2D eigenvalue weighted by atomic mass is 10.3. The monoisotopic (exact) mass is 204 g/mol.